The molecule has 2 atom stereocenters. The Balaban J connectivity index is 0.00000300. The summed E-state index contributed by atoms with van der Waals surface area (Å²) in [5.74, 6) is -1.53. The quantitative estimate of drug-likeness (QED) is 0.619. The van der Waals surface area contributed by atoms with Gasteiger partial charge in [0.2, 0.25) is 11.8 Å². The fourth-order valence-electron chi connectivity index (χ4n) is 3.23. The SMILES string of the molecule is C.CONC(CC(=O)NC1Cc2cc(F)ccc2NC1=O)Cc1ccccc1F. The molecule has 0 saturated heterocycles. The van der Waals surface area contributed by atoms with Crippen LogP contribution in [0, 0.1) is 11.6 Å². The van der Waals surface area contributed by atoms with Crippen LogP contribution in [-0.4, -0.2) is 31.0 Å². The third-order valence-electron chi connectivity index (χ3n) is 4.54. The lowest BCUT2D eigenvalue weighted by Crippen LogP contribution is -2.49. The minimum Gasteiger partial charge on any atom is -0.344 e. The topological polar surface area (TPSA) is 79.5 Å². The van der Waals surface area contributed by atoms with Crippen LogP contribution < -0.4 is 16.1 Å². The zero-order valence-electron chi connectivity index (χ0n) is 15.3. The van der Waals surface area contributed by atoms with E-state index < -0.39 is 23.8 Å². The average Bonchev–Trinajstić information content (AvgIpc) is 2.65. The van der Waals surface area contributed by atoms with E-state index in [1.807, 2.05) is 0 Å². The molecule has 0 aliphatic carbocycles. The molecule has 2 aromatic carbocycles. The predicted octanol–water partition coefficient (Wildman–Crippen LogP) is 2.73. The third kappa shape index (κ3) is 5.82. The molecular weight excluding hydrogens is 380 g/mol. The lowest BCUT2D eigenvalue weighted by Gasteiger charge is -2.26. The van der Waals surface area contributed by atoms with Crippen molar-refractivity contribution in [2.75, 3.05) is 12.4 Å². The second kappa shape index (κ2) is 10.1. The number of hydrogen-bond acceptors (Lipinski definition) is 4. The summed E-state index contributed by atoms with van der Waals surface area (Å²) in [6.45, 7) is 0. The largest absolute Gasteiger partial charge is 0.344 e. The average molecular weight is 405 g/mol. The van der Waals surface area contributed by atoms with Crippen LogP contribution >= 0.6 is 0 Å². The molecule has 1 aliphatic rings. The van der Waals surface area contributed by atoms with Gasteiger partial charge in [-0.05, 0) is 41.8 Å². The Morgan fingerprint density at radius 1 is 1.28 bits per heavy atom. The number of amides is 2. The molecule has 2 unspecified atom stereocenters. The minimum atomic E-state index is -0.807. The summed E-state index contributed by atoms with van der Waals surface area (Å²) >= 11 is 0. The first-order valence-electron chi connectivity index (χ1n) is 8.87. The van der Waals surface area contributed by atoms with E-state index >= 15 is 0 Å². The molecule has 0 radical (unpaired) electrons. The summed E-state index contributed by atoms with van der Waals surface area (Å²) in [7, 11) is 1.41. The molecule has 29 heavy (non-hydrogen) atoms. The molecule has 1 heterocycles. The van der Waals surface area contributed by atoms with Gasteiger partial charge in [-0.25, -0.2) is 8.78 Å². The summed E-state index contributed by atoms with van der Waals surface area (Å²) in [4.78, 5) is 29.6. The Kier molecular flexibility index (Phi) is 7.81. The second-order valence-corrected chi connectivity index (χ2v) is 6.63. The zero-order valence-corrected chi connectivity index (χ0v) is 15.3. The number of hydrogen-bond donors (Lipinski definition) is 3. The fourth-order valence-corrected chi connectivity index (χ4v) is 3.23. The van der Waals surface area contributed by atoms with Crippen molar-refractivity contribution in [3.8, 4) is 0 Å². The van der Waals surface area contributed by atoms with Crippen LogP contribution in [0.1, 0.15) is 25.0 Å². The van der Waals surface area contributed by atoms with E-state index in [0.717, 1.165) is 0 Å². The normalized spacial score (nSPS) is 16.2. The number of fused-ring (bicyclic) bond motifs is 1. The fraction of sp³-hybridized carbons (Fsp3) is 0.333. The number of carbonyl (C=O) groups excluding carboxylic acids is 2. The molecule has 0 saturated carbocycles. The lowest BCUT2D eigenvalue weighted by atomic mass is 9.98. The van der Waals surface area contributed by atoms with E-state index in [4.69, 9.17) is 4.84 Å². The first kappa shape index (κ1) is 22.4. The van der Waals surface area contributed by atoms with Gasteiger partial charge in [0.1, 0.15) is 17.7 Å². The van der Waals surface area contributed by atoms with Gasteiger partial charge in [0.05, 0.1) is 7.11 Å². The Labute approximate surface area is 168 Å². The molecule has 0 spiro atoms. The van der Waals surface area contributed by atoms with Gasteiger partial charge < -0.3 is 15.5 Å². The number of halogens is 2. The van der Waals surface area contributed by atoms with Gasteiger partial charge in [-0.2, -0.15) is 5.48 Å². The van der Waals surface area contributed by atoms with Crippen LogP contribution in [0.4, 0.5) is 14.5 Å². The number of benzene rings is 2. The highest BCUT2D eigenvalue weighted by Gasteiger charge is 2.28. The molecule has 0 aromatic heterocycles. The summed E-state index contributed by atoms with van der Waals surface area (Å²) < 4.78 is 27.3. The van der Waals surface area contributed by atoms with Crippen LogP contribution in [0.15, 0.2) is 42.5 Å². The van der Waals surface area contributed by atoms with Crippen molar-refractivity contribution in [3.63, 3.8) is 0 Å². The van der Waals surface area contributed by atoms with Crippen molar-refractivity contribution in [2.24, 2.45) is 0 Å². The first-order chi connectivity index (χ1) is 13.5. The van der Waals surface area contributed by atoms with Gasteiger partial charge in [-0.15, -0.1) is 0 Å². The number of carbonyl (C=O) groups is 2. The van der Waals surface area contributed by atoms with Crippen LogP contribution in [0.3, 0.4) is 0 Å². The summed E-state index contributed by atoms with van der Waals surface area (Å²) in [6, 6.07) is 9.09. The van der Waals surface area contributed by atoms with E-state index in [-0.39, 0.29) is 38.4 Å². The number of anilines is 1. The molecule has 156 valence electrons. The summed E-state index contributed by atoms with van der Waals surface area (Å²) in [6.07, 6.45) is 0.404. The van der Waals surface area contributed by atoms with E-state index in [1.165, 1.54) is 31.4 Å². The molecular formula is C21H25F2N3O3. The van der Waals surface area contributed by atoms with Crippen molar-refractivity contribution in [1.29, 1.82) is 0 Å². The number of rotatable bonds is 7. The highest BCUT2D eigenvalue weighted by Crippen LogP contribution is 2.23. The van der Waals surface area contributed by atoms with Crippen molar-refractivity contribution >= 4 is 17.5 Å². The molecule has 3 rings (SSSR count). The van der Waals surface area contributed by atoms with Crippen LogP contribution in [0.5, 0.6) is 0 Å². The van der Waals surface area contributed by atoms with Gasteiger partial charge in [0, 0.05) is 24.6 Å². The predicted molar refractivity (Wildman–Crippen MR) is 106 cm³/mol. The molecule has 2 aromatic rings. The standard InChI is InChI=1S/C20H21F2N3O3.CH4/c1-28-25-15(9-12-4-2-3-5-16(12)22)11-19(26)23-18-10-13-8-14(21)6-7-17(13)24-20(18)27;/h2-8,15,18,25H,9-11H2,1H3,(H,23,26)(H,24,27);1H4. The highest BCUT2D eigenvalue weighted by atomic mass is 19.1. The Morgan fingerprint density at radius 3 is 2.76 bits per heavy atom. The number of nitrogens with one attached hydrogen (secondary N) is 3. The monoisotopic (exact) mass is 405 g/mol. The van der Waals surface area contributed by atoms with E-state index in [9.17, 15) is 18.4 Å². The van der Waals surface area contributed by atoms with Crippen LogP contribution in [-0.2, 0) is 27.3 Å². The minimum absolute atomic E-state index is 0. The van der Waals surface area contributed by atoms with Gasteiger partial charge >= 0.3 is 0 Å². The van der Waals surface area contributed by atoms with Gasteiger partial charge in [-0.3, -0.25) is 9.59 Å². The molecule has 2 amide bonds. The molecule has 3 N–H and O–H groups in total. The molecule has 1 aliphatic heterocycles. The van der Waals surface area contributed by atoms with Crippen molar-refractivity contribution in [1.82, 2.24) is 10.8 Å². The van der Waals surface area contributed by atoms with Crippen molar-refractivity contribution in [3.05, 3.63) is 65.2 Å². The van der Waals surface area contributed by atoms with Gasteiger partial charge in [0.25, 0.3) is 0 Å². The van der Waals surface area contributed by atoms with Crippen LogP contribution in [0.25, 0.3) is 0 Å². The smallest absolute Gasteiger partial charge is 0.247 e. The summed E-state index contributed by atoms with van der Waals surface area (Å²) in [5, 5.41) is 5.31. The first-order valence-corrected chi connectivity index (χ1v) is 8.87. The van der Waals surface area contributed by atoms with Crippen LogP contribution in [0.2, 0.25) is 0 Å². The Hall–Kier alpha value is -2.84. The van der Waals surface area contributed by atoms with Crippen molar-refractivity contribution < 1.29 is 23.2 Å². The maximum Gasteiger partial charge on any atom is 0.247 e. The number of hydroxylamine groups is 1. The zero-order chi connectivity index (χ0) is 20.1. The Bertz CT molecular complexity index is 876. The molecule has 8 heteroatoms. The van der Waals surface area contributed by atoms with E-state index in [2.05, 4.69) is 16.1 Å². The molecule has 0 bridgehead atoms. The maximum atomic E-state index is 13.9. The van der Waals surface area contributed by atoms with Crippen molar-refractivity contribution in [2.45, 2.75) is 38.8 Å². The van der Waals surface area contributed by atoms with E-state index in [0.29, 0.717) is 16.8 Å². The second-order valence-electron chi connectivity index (χ2n) is 6.63. The Morgan fingerprint density at radius 2 is 2.03 bits per heavy atom. The van der Waals surface area contributed by atoms with Gasteiger partial charge in [0.15, 0.2) is 0 Å². The maximum absolute atomic E-state index is 13.9. The highest BCUT2D eigenvalue weighted by molar-refractivity contribution is 6.00. The molecule has 6 nitrogen and oxygen atoms in total. The lowest BCUT2D eigenvalue weighted by molar-refractivity contribution is -0.127. The summed E-state index contributed by atoms with van der Waals surface area (Å²) in [5.41, 5.74) is 4.28. The third-order valence-corrected chi connectivity index (χ3v) is 4.54. The van der Waals surface area contributed by atoms with E-state index in [1.54, 1.807) is 18.2 Å². The van der Waals surface area contributed by atoms with Gasteiger partial charge in [-0.1, -0.05) is 25.6 Å². The molecule has 0 fully saturated rings.